The summed E-state index contributed by atoms with van der Waals surface area (Å²) in [6.07, 6.45) is 4.93. The van der Waals surface area contributed by atoms with Crippen molar-refractivity contribution in [1.82, 2.24) is 5.32 Å². The van der Waals surface area contributed by atoms with Crippen molar-refractivity contribution in [2.24, 2.45) is 11.8 Å². The predicted octanol–water partition coefficient (Wildman–Crippen LogP) is 1.77. The molecule has 2 aliphatic rings. The number of aliphatic hydroxyl groups is 1. The molecule has 4 nitrogen and oxygen atoms in total. The maximum atomic E-state index is 10.9. The molecular weight excluding hydrogens is 230 g/mol. The Labute approximate surface area is 109 Å². The third-order valence-corrected chi connectivity index (χ3v) is 4.74. The molecule has 0 bridgehead atoms. The lowest BCUT2D eigenvalue weighted by Crippen LogP contribution is -2.51. The second-order valence-electron chi connectivity index (χ2n) is 6.69. The van der Waals surface area contributed by atoms with Gasteiger partial charge in [-0.25, -0.2) is 0 Å². The van der Waals surface area contributed by atoms with Crippen molar-refractivity contribution in [2.75, 3.05) is 6.54 Å². The van der Waals surface area contributed by atoms with Gasteiger partial charge < -0.3 is 15.5 Å². The molecule has 0 aromatic carbocycles. The van der Waals surface area contributed by atoms with Gasteiger partial charge in [0.1, 0.15) is 0 Å². The highest BCUT2D eigenvalue weighted by Crippen LogP contribution is 2.40. The molecule has 2 aliphatic carbocycles. The number of carboxylic acids is 1. The van der Waals surface area contributed by atoms with E-state index in [1.165, 1.54) is 12.8 Å². The molecule has 4 heteroatoms. The van der Waals surface area contributed by atoms with Gasteiger partial charge in [0.15, 0.2) is 0 Å². The minimum Gasteiger partial charge on any atom is -0.481 e. The topological polar surface area (TPSA) is 69.6 Å². The van der Waals surface area contributed by atoms with Crippen LogP contribution in [0.5, 0.6) is 0 Å². The average Bonchev–Trinajstić information content (AvgIpc) is 3.11. The molecule has 0 heterocycles. The first-order chi connectivity index (χ1) is 8.32. The van der Waals surface area contributed by atoms with Crippen LogP contribution in [-0.2, 0) is 4.79 Å². The molecule has 18 heavy (non-hydrogen) atoms. The van der Waals surface area contributed by atoms with Gasteiger partial charge in [0.05, 0.1) is 11.5 Å². The Bertz CT molecular complexity index is 315. The fourth-order valence-corrected chi connectivity index (χ4v) is 2.92. The smallest absolute Gasteiger partial charge is 0.306 e. The van der Waals surface area contributed by atoms with Crippen LogP contribution in [0.3, 0.4) is 0 Å². The highest BCUT2D eigenvalue weighted by atomic mass is 16.4. The fourth-order valence-electron chi connectivity index (χ4n) is 2.92. The largest absolute Gasteiger partial charge is 0.481 e. The Hall–Kier alpha value is -0.610. The molecule has 0 aromatic rings. The molecule has 0 aliphatic heterocycles. The molecule has 2 fully saturated rings. The fraction of sp³-hybridized carbons (Fsp3) is 0.929. The monoisotopic (exact) mass is 255 g/mol. The van der Waals surface area contributed by atoms with Crippen LogP contribution in [0.1, 0.15) is 52.4 Å². The van der Waals surface area contributed by atoms with Crippen LogP contribution in [0.25, 0.3) is 0 Å². The molecule has 2 rings (SSSR count). The molecule has 0 aromatic heterocycles. The molecule has 104 valence electrons. The van der Waals surface area contributed by atoms with Gasteiger partial charge in [0, 0.05) is 12.1 Å². The van der Waals surface area contributed by atoms with Gasteiger partial charge in [-0.05, 0) is 58.3 Å². The average molecular weight is 255 g/mol. The second-order valence-corrected chi connectivity index (χ2v) is 6.69. The van der Waals surface area contributed by atoms with E-state index in [1.54, 1.807) is 0 Å². The maximum absolute atomic E-state index is 10.9. The summed E-state index contributed by atoms with van der Waals surface area (Å²) < 4.78 is 0. The minimum atomic E-state index is -0.719. The van der Waals surface area contributed by atoms with Gasteiger partial charge in [-0.3, -0.25) is 4.79 Å². The molecule has 2 saturated carbocycles. The van der Waals surface area contributed by atoms with Crippen molar-refractivity contribution in [3.05, 3.63) is 0 Å². The van der Waals surface area contributed by atoms with Crippen LogP contribution < -0.4 is 5.32 Å². The first-order valence-electron chi connectivity index (χ1n) is 7.03. The summed E-state index contributed by atoms with van der Waals surface area (Å²) >= 11 is 0. The third kappa shape index (κ3) is 3.23. The number of hydrogen-bond acceptors (Lipinski definition) is 3. The third-order valence-electron chi connectivity index (χ3n) is 4.74. The number of rotatable bonds is 5. The van der Waals surface area contributed by atoms with Crippen molar-refractivity contribution in [2.45, 2.75) is 63.5 Å². The Morgan fingerprint density at radius 1 is 1.28 bits per heavy atom. The minimum absolute atomic E-state index is 0.0966. The molecule has 0 radical (unpaired) electrons. The van der Waals surface area contributed by atoms with E-state index in [0.29, 0.717) is 32.2 Å². The molecular formula is C14H25NO3. The Kier molecular flexibility index (Phi) is 3.70. The van der Waals surface area contributed by atoms with E-state index in [1.807, 2.05) is 0 Å². The van der Waals surface area contributed by atoms with Crippen LogP contribution in [0.15, 0.2) is 0 Å². The van der Waals surface area contributed by atoms with E-state index in [2.05, 4.69) is 19.2 Å². The van der Waals surface area contributed by atoms with E-state index >= 15 is 0 Å². The SMILES string of the molecule is CC(C)(NCC1(O)CCC(C(=O)O)CC1)C1CC1. The van der Waals surface area contributed by atoms with E-state index in [-0.39, 0.29) is 11.5 Å². The summed E-state index contributed by atoms with van der Waals surface area (Å²) in [5.74, 6) is -0.249. The van der Waals surface area contributed by atoms with Gasteiger partial charge in [-0.1, -0.05) is 0 Å². The lowest BCUT2D eigenvalue weighted by atomic mass is 9.78. The van der Waals surface area contributed by atoms with Crippen LogP contribution in [0.2, 0.25) is 0 Å². The van der Waals surface area contributed by atoms with Gasteiger partial charge in [0.25, 0.3) is 0 Å². The summed E-state index contributed by atoms with van der Waals surface area (Å²) in [5.41, 5.74) is -0.614. The number of hydrogen-bond donors (Lipinski definition) is 3. The zero-order valence-electron chi connectivity index (χ0n) is 11.4. The first kappa shape index (κ1) is 13.8. The molecule has 3 N–H and O–H groups in total. The summed E-state index contributed by atoms with van der Waals surface area (Å²) in [6, 6.07) is 0. The molecule has 0 spiro atoms. The number of aliphatic carboxylic acids is 1. The highest BCUT2D eigenvalue weighted by molar-refractivity contribution is 5.70. The quantitative estimate of drug-likeness (QED) is 0.700. The lowest BCUT2D eigenvalue weighted by molar-refractivity contribution is -0.144. The Morgan fingerprint density at radius 2 is 1.83 bits per heavy atom. The number of carbonyl (C=O) groups is 1. The molecule has 0 amide bonds. The highest BCUT2D eigenvalue weighted by Gasteiger charge is 2.41. The van der Waals surface area contributed by atoms with Crippen molar-refractivity contribution >= 4 is 5.97 Å². The van der Waals surface area contributed by atoms with Gasteiger partial charge >= 0.3 is 5.97 Å². The number of carboxylic acid groups (broad SMARTS) is 1. The second kappa shape index (κ2) is 4.82. The predicted molar refractivity (Wildman–Crippen MR) is 69.3 cm³/mol. The van der Waals surface area contributed by atoms with Crippen molar-refractivity contribution < 1.29 is 15.0 Å². The zero-order chi connectivity index (χ0) is 13.4. The van der Waals surface area contributed by atoms with E-state index in [4.69, 9.17) is 5.11 Å². The van der Waals surface area contributed by atoms with E-state index in [9.17, 15) is 9.90 Å². The summed E-state index contributed by atoms with van der Waals surface area (Å²) in [4.78, 5) is 10.9. The zero-order valence-corrected chi connectivity index (χ0v) is 11.4. The van der Waals surface area contributed by atoms with E-state index in [0.717, 1.165) is 5.92 Å². The standard InChI is InChI=1S/C14H25NO3/c1-13(2,11-3-4-11)15-9-14(18)7-5-10(6-8-14)12(16)17/h10-11,15,18H,3-9H2,1-2H3,(H,16,17). The van der Waals surface area contributed by atoms with Crippen LogP contribution in [-0.4, -0.2) is 33.9 Å². The van der Waals surface area contributed by atoms with Crippen LogP contribution >= 0.6 is 0 Å². The number of β-amino-alcohol motifs (C(OH)–C–C–N with tert-alkyl or cyclic N) is 1. The normalized spacial score (nSPS) is 33.4. The van der Waals surface area contributed by atoms with Crippen LogP contribution in [0.4, 0.5) is 0 Å². The first-order valence-corrected chi connectivity index (χ1v) is 7.03. The summed E-state index contributed by atoms with van der Waals surface area (Å²) in [7, 11) is 0. The molecule has 0 atom stereocenters. The van der Waals surface area contributed by atoms with Gasteiger partial charge in [-0.15, -0.1) is 0 Å². The summed E-state index contributed by atoms with van der Waals surface area (Å²) in [6.45, 7) is 4.97. The number of nitrogens with one attached hydrogen (secondary N) is 1. The van der Waals surface area contributed by atoms with Gasteiger partial charge in [0.2, 0.25) is 0 Å². The lowest BCUT2D eigenvalue weighted by Gasteiger charge is -2.38. The Morgan fingerprint density at radius 3 is 2.28 bits per heavy atom. The molecule has 0 unspecified atom stereocenters. The van der Waals surface area contributed by atoms with Crippen molar-refractivity contribution in [3.63, 3.8) is 0 Å². The Balaban J connectivity index is 1.80. The molecule has 0 saturated heterocycles. The van der Waals surface area contributed by atoms with Crippen LogP contribution in [0, 0.1) is 11.8 Å². The maximum Gasteiger partial charge on any atom is 0.306 e. The van der Waals surface area contributed by atoms with Gasteiger partial charge in [-0.2, -0.15) is 0 Å². The van der Waals surface area contributed by atoms with Crippen molar-refractivity contribution in [1.29, 1.82) is 0 Å². The van der Waals surface area contributed by atoms with E-state index < -0.39 is 11.6 Å². The van der Waals surface area contributed by atoms with Crippen molar-refractivity contribution in [3.8, 4) is 0 Å². The summed E-state index contributed by atoms with van der Waals surface area (Å²) in [5, 5.41) is 22.9.